The lowest BCUT2D eigenvalue weighted by Crippen LogP contribution is -2.49. The monoisotopic (exact) mass is 318 g/mol. The average molecular weight is 318 g/mol. The molecular formula is C15H30N2O3S. The van der Waals surface area contributed by atoms with Crippen LogP contribution in [0.1, 0.15) is 44.9 Å². The van der Waals surface area contributed by atoms with Crippen LogP contribution in [0.3, 0.4) is 0 Å². The number of sulfonamides is 1. The standard InChI is InChI=1S/C15H30N2O3S/c1-20-11-10-17-9-5-8-15(12-17)16-21(18,19)13-14-6-3-2-4-7-14/h14-16H,2-13H2,1H3. The largest absolute Gasteiger partial charge is 0.383 e. The summed E-state index contributed by atoms with van der Waals surface area (Å²) < 4.78 is 32.7. The van der Waals surface area contributed by atoms with Gasteiger partial charge in [0.25, 0.3) is 0 Å². The van der Waals surface area contributed by atoms with Gasteiger partial charge in [0.15, 0.2) is 0 Å². The van der Waals surface area contributed by atoms with E-state index in [0.717, 1.165) is 45.3 Å². The number of rotatable bonds is 7. The Morgan fingerprint density at radius 2 is 1.90 bits per heavy atom. The molecule has 2 fully saturated rings. The smallest absolute Gasteiger partial charge is 0.212 e. The Balaban J connectivity index is 1.78. The van der Waals surface area contributed by atoms with E-state index in [1.165, 1.54) is 19.3 Å². The lowest BCUT2D eigenvalue weighted by Gasteiger charge is -2.33. The number of ether oxygens (including phenoxy) is 1. The molecule has 1 aliphatic heterocycles. The molecule has 0 spiro atoms. The van der Waals surface area contributed by atoms with Crippen molar-refractivity contribution in [2.45, 2.75) is 51.0 Å². The van der Waals surface area contributed by atoms with Crippen molar-refractivity contribution in [1.82, 2.24) is 9.62 Å². The Labute approximate surface area is 129 Å². The average Bonchev–Trinajstić information content (AvgIpc) is 2.45. The molecule has 1 unspecified atom stereocenters. The van der Waals surface area contributed by atoms with E-state index in [0.29, 0.717) is 18.3 Å². The summed E-state index contributed by atoms with van der Waals surface area (Å²) in [6.45, 7) is 3.45. The third-order valence-electron chi connectivity index (χ3n) is 4.64. The zero-order valence-corrected chi connectivity index (χ0v) is 14.0. The summed E-state index contributed by atoms with van der Waals surface area (Å²) in [5.41, 5.74) is 0. The molecule has 0 aromatic rings. The van der Waals surface area contributed by atoms with Crippen molar-refractivity contribution in [1.29, 1.82) is 0 Å². The Bertz CT molecular complexity index is 394. The highest BCUT2D eigenvalue weighted by atomic mass is 32.2. The molecule has 2 rings (SSSR count). The highest BCUT2D eigenvalue weighted by Gasteiger charge is 2.26. The van der Waals surface area contributed by atoms with E-state index in [1.807, 2.05) is 0 Å². The van der Waals surface area contributed by atoms with Crippen molar-refractivity contribution >= 4 is 10.0 Å². The first-order chi connectivity index (χ1) is 10.1. The van der Waals surface area contributed by atoms with Crippen LogP contribution in [0, 0.1) is 5.92 Å². The summed E-state index contributed by atoms with van der Waals surface area (Å²) in [5.74, 6) is 0.686. The molecule has 21 heavy (non-hydrogen) atoms. The summed E-state index contributed by atoms with van der Waals surface area (Å²) in [5, 5.41) is 0. The number of nitrogens with one attached hydrogen (secondary N) is 1. The SMILES string of the molecule is COCCN1CCCC(NS(=O)(=O)CC2CCCCC2)C1. The molecule has 2 aliphatic rings. The first kappa shape index (κ1) is 17.2. The van der Waals surface area contributed by atoms with Crippen molar-refractivity contribution in [3.8, 4) is 0 Å². The molecule has 0 amide bonds. The van der Waals surface area contributed by atoms with Gasteiger partial charge in [-0.2, -0.15) is 0 Å². The molecular weight excluding hydrogens is 288 g/mol. The number of piperidine rings is 1. The van der Waals surface area contributed by atoms with Gasteiger partial charge in [0, 0.05) is 26.2 Å². The lowest BCUT2D eigenvalue weighted by atomic mass is 9.91. The second-order valence-electron chi connectivity index (χ2n) is 6.54. The van der Waals surface area contributed by atoms with Crippen molar-refractivity contribution in [3.63, 3.8) is 0 Å². The highest BCUT2D eigenvalue weighted by molar-refractivity contribution is 7.89. The molecule has 1 saturated heterocycles. The maximum atomic E-state index is 12.3. The van der Waals surface area contributed by atoms with E-state index < -0.39 is 10.0 Å². The van der Waals surface area contributed by atoms with Crippen LogP contribution in [0.25, 0.3) is 0 Å². The van der Waals surface area contributed by atoms with Crippen LogP contribution in [0.4, 0.5) is 0 Å². The predicted molar refractivity (Wildman–Crippen MR) is 84.8 cm³/mol. The molecule has 6 heteroatoms. The molecule has 5 nitrogen and oxygen atoms in total. The van der Waals surface area contributed by atoms with Crippen LogP contribution in [-0.4, -0.2) is 58.5 Å². The van der Waals surface area contributed by atoms with Crippen molar-refractivity contribution in [2.75, 3.05) is 39.1 Å². The number of methoxy groups -OCH3 is 1. The first-order valence-electron chi connectivity index (χ1n) is 8.30. The van der Waals surface area contributed by atoms with E-state index >= 15 is 0 Å². The molecule has 0 bridgehead atoms. The second-order valence-corrected chi connectivity index (χ2v) is 8.33. The fourth-order valence-electron chi connectivity index (χ4n) is 3.54. The van der Waals surface area contributed by atoms with Gasteiger partial charge in [-0.3, -0.25) is 4.90 Å². The molecule has 0 aromatic heterocycles. The minimum Gasteiger partial charge on any atom is -0.383 e. The van der Waals surface area contributed by atoms with Crippen molar-refractivity contribution in [2.24, 2.45) is 5.92 Å². The summed E-state index contributed by atoms with van der Waals surface area (Å²) >= 11 is 0. The van der Waals surface area contributed by atoms with Crippen LogP contribution in [0.5, 0.6) is 0 Å². The fourth-order valence-corrected chi connectivity index (χ4v) is 5.29. The normalized spacial score (nSPS) is 26.0. The molecule has 1 heterocycles. The molecule has 0 aromatic carbocycles. The van der Waals surface area contributed by atoms with E-state index in [2.05, 4.69) is 9.62 Å². The van der Waals surface area contributed by atoms with Gasteiger partial charge in [-0.05, 0) is 38.1 Å². The Hall–Kier alpha value is -0.170. The highest BCUT2D eigenvalue weighted by Crippen LogP contribution is 2.25. The number of hydrogen-bond donors (Lipinski definition) is 1. The zero-order chi connectivity index (χ0) is 15.1. The van der Waals surface area contributed by atoms with Gasteiger partial charge in [0.05, 0.1) is 12.4 Å². The molecule has 0 radical (unpaired) electrons. The molecule has 124 valence electrons. The van der Waals surface area contributed by atoms with Crippen LogP contribution in [0.2, 0.25) is 0 Å². The second kappa shape index (κ2) is 8.46. The van der Waals surface area contributed by atoms with Gasteiger partial charge >= 0.3 is 0 Å². The third-order valence-corrected chi connectivity index (χ3v) is 6.25. The molecule has 1 atom stereocenters. The quantitative estimate of drug-likeness (QED) is 0.774. The maximum Gasteiger partial charge on any atom is 0.212 e. The Morgan fingerprint density at radius 3 is 2.62 bits per heavy atom. The van der Waals surface area contributed by atoms with Gasteiger partial charge in [-0.1, -0.05) is 19.3 Å². The van der Waals surface area contributed by atoms with Crippen LogP contribution < -0.4 is 4.72 Å². The van der Waals surface area contributed by atoms with Gasteiger partial charge < -0.3 is 4.74 Å². The van der Waals surface area contributed by atoms with Gasteiger partial charge in [-0.25, -0.2) is 13.1 Å². The van der Waals surface area contributed by atoms with Gasteiger partial charge in [-0.15, -0.1) is 0 Å². The zero-order valence-electron chi connectivity index (χ0n) is 13.2. The van der Waals surface area contributed by atoms with E-state index in [1.54, 1.807) is 7.11 Å². The minimum atomic E-state index is -3.13. The maximum absolute atomic E-state index is 12.3. The van der Waals surface area contributed by atoms with E-state index in [9.17, 15) is 8.42 Å². The summed E-state index contributed by atoms with van der Waals surface area (Å²) in [6, 6.07) is 0.0733. The summed E-state index contributed by atoms with van der Waals surface area (Å²) in [6.07, 6.45) is 7.80. The third kappa shape index (κ3) is 6.22. The van der Waals surface area contributed by atoms with Crippen molar-refractivity contribution < 1.29 is 13.2 Å². The van der Waals surface area contributed by atoms with Gasteiger partial charge in [0.1, 0.15) is 0 Å². The van der Waals surface area contributed by atoms with Crippen LogP contribution >= 0.6 is 0 Å². The fraction of sp³-hybridized carbons (Fsp3) is 1.00. The predicted octanol–water partition coefficient (Wildman–Crippen LogP) is 1.60. The minimum absolute atomic E-state index is 0.0733. The summed E-state index contributed by atoms with van der Waals surface area (Å²) in [4.78, 5) is 2.29. The molecule has 1 N–H and O–H groups in total. The number of nitrogens with zero attached hydrogens (tertiary/aromatic N) is 1. The van der Waals surface area contributed by atoms with Crippen LogP contribution in [-0.2, 0) is 14.8 Å². The first-order valence-corrected chi connectivity index (χ1v) is 9.95. The lowest BCUT2D eigenvalue weighted by molar-refractivity contribution is 0.126. The topological polar surface area (TPSA) is 58.6 Å². The number of likely N-dealkylation sites (tertiary alicyclic amines) is 1. The van der Waals surface area contributed by atoms with Crippen molar-refractivity contribution in [3.05, 3.63) is 0 Å². The summed E-state index contributed by atoms with van der Waals surface area (Å²) in [7, 11) is -1.43. The van der Waals surface area contributed by atoms with E-state index in [-0.39, 0.29) is 6.04 Å². The Kier molecular flexibility index (Phi) is 6.92. The van der Waals surface area contributed by atoms with Gasteiger partial charge in [0.2, 0.25) is 10.0 Å². The molecule has 1 aliphatic carbocycles. The Morgan fingerprint density at radius 1 is 1.14 bits per heavy atom. The molecule has 1 saturated carbocycles. The van der Waals surface area contributed by atoms with E-state index in [4.69, 9.17) is 4.74 Å². The van der Waals surface area contributed by atoms with Crippen LogP contribution in [0.15, 0.2) is 0 Å². The number of hydrogen-bond acceptors (Lipinski definition) is 4.